The minimum absolute atomic E-state index is 0.223. The topological polar surface area (TPSA) is 93.9 Å². The number of amides is 2. The molecule has 1 aliphatic heterocycles. The summed E-state index contributed by atoms with van der Waals surface area (Å²) in [5.41, 5.74) is 0. The normalized spacial score (nSPS) is 18.7. The highest BCUT2D eigenvalue weighted by atomic mass is 16.5. The molecule has 0 aromatic rings. The largest absolute Gasteiger partial charge is 0.480 e. The fourth-order valence-corrected chi connectivity index (χ4v) is 2.47. The molecule has 1 aliphatic rings. The Balaban J connectivity index is 2.81. The van der Waals surface area contributed by atoms with Crippen molar-refractivity contribution in [2.45, 2.75) is 38.1 Å². The lowest BCUT2D eigenvalue weighted by atomic mass is 10.1. The van der Waals surface area contributed by atoms with Crippen LogP contribution in [-0.4, -0.2) is 66.3 Å². The smallest absolute Gasteiger partial charge is 0.326 e. The second-order valence-corrected chi connectivity index (χ2v) is 5.07. The Kier molecular flexibility index (Phi) is 7.54. The molecular formula is C14H23N3O4. The van der Waals surface area contributed by atoms with E-state index < -0.39 is 12.0 Å². The molecule has 7 heteroatoms. The summed E-state index contributed by atoms with van der Waals surface area (Å²) in [5, 5.41) is 18.0. The molecule has 1 unspecified atom stereocenters. The summed E-state index contributed by atoms with van der Waals surface area (Å²) in [6.07, 6.45) is 3.27. The number of hydrogen-bond acceptors (Lipinski definition) is 4. The van der Waals surface area contributed by atoms with Crippen molar-refractivity contribution >= 4 is 12.0 Å². The van der Waals surface area contributed by atoms with Crippen molar-refractivity contribution in [1.29, 1.82) is 5.26 Å². The number of carboxylic acids is 1. The molecule has 1 heterocycles. The maximum atomic E-state index is 12.6. The van der Waals surface area contributed by atoms with Crippen molar-refractivity contribution in [2.24, 2.45) is 0 Å². The molecule has 1 atom stereocenters. The van der Waals surface area contributed by atoms with Crippen LogP contribution in [-0.2, 0) is 9.53 Å². The van der Waals surface area contributed by atoms with E-state index in [9.17, 15) is 14.7 Å². The summed E-state index contributed by atoms with van der Waals surface area (Å²) in [5.74, 6) is -0.961. The van der Waals surface area contributed by atoms with Gasteiger partial charge in [-0.25, -0.2) is 9.59 Å². The molecule has 0 saturated carbocycles. The van der Waals surface area contributed by atoms with E-state index in [1.807, 2.05) is 6.07 Å². The predicted molar refractivity (Wildman–Crippen MR) is 75.7 cm³/mol. The van der Waals surface area contributed by atoms with Crippen molar-refractivity contribution in [3.63, 3.8) is 0 Å². The number of aliphatic carboxylic acids is 1. The van der Waals surface area contributed by atoms with Gasteiger partial charge in [0, 0.05) is 26.7 Å². The molecule has 0 aromatic carbocycles. The standard InChI is InChI=1S/C14H23N3O4/c1-21-11-10-16(8-5-7-15)14(20)17-9-4-2-3-6-12(17)13(18)19/h12H,2-6,8-11H2,1H3,(H,18,19). The molecule has 1 fully saturated rings. The summed E-state index contributed by atoms with van der Waals surface area (Å²) in [6.45, 7) is 1.47. The van der Waals surface area contributed by atoms with Crippen LogP contribution in [0.25, 0.3) is 0 Å². The Hall–Kier alpha value is -1.81. The molecule has 1 N–H and O–H groups in total. The fourth-order valence-electron chi connectivity index (χ4n) is 2.47. The van der Waals surface area contributed by atoms with Gasteiger partial charge in [0.1, 0.15) is 6.04 Å². The minimum Gasteiger partial charge on any atom is -0.480 e. The van der Waals surface area contributed by atoms with Gasteiger partial charge in [-0.15, -0.1) is 0 Å². The Bertz CT molecular complexity index is 394. The fraction of sp³-hybridized carbons (Fsp3) is 0.786. The zero-order valence-electron chi connectivity index (χ0n) is 12.5. The number of nitriles is 1. The van der Waals surface area contributed by atoms with Gasteiger partial charge in [0.2, 0.25) is 0 Å². The SMILES string of the molecule is COCCN(CCC#N)C(=O)N1CCCCCC1C(=O)O. The van der Waals surface area contributed by atoms with Crippen LogP contribution < -0.4 is 0 Å². The van der Waals surface area contributed by atoms with Gasteiger partial charge in [-0.2, -0.15) is 5.26 Å². The van der Waals surface area contributed by atoms with E-state index in [0.29, 0.717) is 32.7 Å². The summed E-state index contributed by atoms with van der Waals surface area (Å²) in [7, 11) is 1.54. The molecule has 1 rings (SSSR count). The van der Waals surface area contributed by atoms with Crippen LogP contribution in [0, 0.1) is 11.3 Å². The molecule has 0 bridgehead atoms. The van der Waals surface area contributed by atoms with Gasteiger partial charge >= 0.3 is 12.0 Å². The first-order valence-electron chi connectivity index (χ1n) is 7.26. The average molecular weight is 297 g/mol. The first-order valence-corrected chi connectivity index (χ1v) is 7.26. The van der Waals surface area contributed by atoms with Gasteiger partial charge in [0.05, 0.1) is 19.1 Å². The van der Waals surface area contributed by atoms with Crippen molar-refractivity contribution in [2.75, 3.05) is 33.4 Å². The lowest BCUT2D eigenvalue weighted by molar-refractivity contribution is -0.142. The van der Waals surface area contributed by atoms with Crippen LogP contribution in [0.4, 0.5) is 4.79 Å². The molecule has 0 aliphatic carbocycles. The van der Waals surface area contributed by atoms with Crippen LogP contribution in [0.5, 0.6) is 0 Å². The van der Waals surface area contributed by atoms with Crippen LogP contribution >= 0.6 is 0 Å². The quantitative estimate of drug-likeness (QED) is 0.797. The Labute approximate surface area is 125 Å². The molecule has 0 spiro atoms. The highest BCUT2D eigenvalue weighted by molar-refractivity contribution is 5.82. The van der Waals surface area contributed by atoms with Gasteiger partial charge in [-0.3, -0.25) is 0 Å². The third kappa shape index (κ3) is 5.23. The van der Waals surface area contributed by atoms with Gasteiger partial charge in [-0.1, -0.05) is 12.8 Å². The summed E-state index contributed by atoms with van der Waals surface area (Å²) < 4.78 is 4.98. The lowest BCUT2D eigenvalue weighted by Crippen LogP contribution is -2.51. The summed E-state index contributed by atoms with van der Waals surface area (Å²) in [4.78, 5) is 26.9. The molecule has 21 heavy (non-hydrogen) atoms. The Morgan fingerprint density at radius 3 is 2.76 bits per heavy atom. The van der Waals surface area contributed by atoms with E-state index in [1.54, 1.807) is 7.11 Å². The van der Waals surface area contributed by atoms with E-state index in [1.165, 1.54) is 9.80 Å². The molecule has 2 amide bonds. The van der Waals surface area contributed by atoms with Crippen LogP contribution in [0.2, 0.25) is 0 Å². The number of carboxylic acid groups (broad SMARTS) is 1. The summed E-state index contributed by atoms with van der Waals surface area (Å²) >= 11 is 0. The third-order valence-corrected chi connectivity index (χ3v) is 3.61. The number of urea groups is 1. The van der Waals surface area contributed by atoms with E-state index in [-0.39, 0.29) is 12.5 Å². The number of ether oxygens (including phenoxy) is 1. The first-order chi connectivity index (χ1) is 10.1. The number of hydrogen-bond donors (Lipinski definition) is 1. The Morgan fingerprint density at radius 2 is 2.14 bits per heavy atom. The van der Waals surface area contributed by atoms with Crippen LogP contribution in [0.1, 0.15) is 32.1 Å². The molecule has 7 nitrogen and oxygen atoms in total. The van der Waals surface area contributed by atoms with Crippen LogP contribution in [0.3, 0.4) is 0 Å². The predicted octanol–water partition coefficient (Wildman–Crippen LogP) is 1.30. The van der Waals surface area contributed by atoms with Crippen molar-refractivity contribution in [3.8, 4) is 6.07 Å². The van der Waals surface area contributed by atoms with Gasteiger partial charge < -0.3 is 19.6 Å². The average Bonchev–Trinajstić information content (AvgIpc) is 2.72. The third-order valence-electron chi connectivity index (χ3n) is 3.61. The molecule has 0 radical (unpaired) electrons. The molecule has 1 saturated heterocycles. The second-order valence-electron chi connectivity index (χ2n) is 5.07. The van der Waals surface area contributed by atoms with Gasteiger partial charge in [-0.05, 0) is 12.8 Å². The molecule has 118 valence electrons. The zero-order chi connectivity index (χ0) is 15.7. The van der Waals surface area contributed by atoms with Crippen molar-refractivity contribution in [1.82, 2.24) is 9.80 Å². The van der Waals surface area contributed by atoms with E-state index in [0.717, 1.165) is 19.3 Å². The second kappa shape index (κ2) is 9.19. The maximum Gasteiger partial charge on any atom is 0.326 e. The van der Waals surface area contributed by atoms with E-state index in [4.69, 9.17) is 10.00 Å². The lowest BCUT2D eigenvalue weighted by Gasteiger charge is -2.32. The first kappa shape index (κ1) is 17.2. The number of rotatable bonds is 6. The van der Waals surface area contributed by atoms with Gasteiger partial charge in [0.15, 0.2) is 0 Å². The highest BCUT2D eigenvalue weighted by Crippen LogP contribution is 2.19. The number of carbonyl (C=O) groups excluding carboxylic acids is 1. The van der Waals surface area contributed by atoms with Crippen molar-refractivity contribution in [3.05, 3.63) is 0 Å². The number of carbonyl (C=O) groups is 2. The molecular weight excluding hydrogens is 274 g/mol. The van der Waals surface area contributed by atoms with E-state index in [2.05, 4.69) is 0 Å². The minimum atomic E-state index is -0.961. The van der Waals surface area contributed by atoms with Crippen molar-refractivity contribution < 1.29 is 19.4 Å². The van der Waals surface area contributed by atoms with E-state index >= 15 is 0 Å². The number of nitrogens with zero attached hydrogens (tertiary/aromatic N) is 3. The molecule has 0 aromatic heterocycles. The Morgan fingerprint density at radius 1 is 1.38 bits per heavy atom. The highest BCUT2D eigenvalue weighted by Gasteiger charge is 2.33. The van der Waals surface area contributed by atoms with Crippen LogP contribution in [0.15, 0.2) is 0 Å². The summed E-state index contributed by atoms with van der Waals surface area (Å²) in [6, 6.07) is 0.929. The van der Waals surface area contributed by atoms with Gasteiger partial charge in [0.25, 0.3) is 0 Å². The number of methoxy groups -OCH3 is 1. The zero-order valence-corrected chi connectivity index (χ0v) is 12.5. The monoisotopic (exact) mass is 297 g/mol. The number of likely N-dealkylation sites (tertiary alicyclic amines) is 1. The maximum absolute atomic E-state index is 12.6.